The summed E-state index contributed by atoms with van der Waals surface area (Å²) in [4.78, 5) is 0. The van der Waals surface area contributed by atoms with Crippen LogP contribution in [-0.4, -0.2) is 11.2 Å². The van der Waals surface area contributed by atoms with Crippen molar-refractivity contribution in [1.82, 2.24) is 0 Å². The van der Waals surface area contributed by atoms with Crippen LogP contribution in [0, 0.1) is 17.8 Å². The van der Waals surface area contributed by atoms with Crippen LogP contribution in [0.15, 0.2) is 23.8 Å². The summed E-state index contributed by atoms with van der Waals surface area (Å²) in [7, 11) is 0. The second-order valence-corrected chi connectivity index (χ2v) is 4.91. The standard InChI is InChI=1S/C13H20O/c1-9(2)5-3-8-12(14)13-10-6-4-7-11(10)13/h4-6,10-14H,3,7-8H2,1-2H3/t10-,11+,12?,13-/m0/s1. The van der Waals surface area contributed by atoms with Crippen LogP contribution in [0.4, 0.5) is 0 Å². The van der Waals surface area contributed by atoms with Crippen molar-refractivity contribution < 1.29 is 5.11 Å². The maximum Gasteiger partial charge on any atom is 0.0580 e. The number of hydrogen-bond acceptors (Lipinski definition) is 1. The molecule has 1 unspecified atom stereocenters. The van der Waals surface area contributed by atoms with E-state index in [0.717, 1.165) is 24.7 Å². The van der Waals surface area contributed by atoms with Crippen molar-refractivity contribution in [2.45, 2.75) is 39.2 Å². The molecular weight excluding hydrogens is 172 g/mol. The van der Waals surface area contributed by atoms with Gasteiger partial charge < -0.3 is 5.11 Å². The summed E-state index contributed by atoms with van der Waals surface area (Å²) in [5.41, 5.74) is 1.35. The highest BCUT2D eigenvalue weighted by atomic mass is 16.3. The Hall–Kier alpha value is -0.560. The molecule has 1 nitrogen and oxygen atoms in total. The molecule has 0 bridgehead atoms. The minimum atomic E-state index is -0.0643. The molecule has 0 radical (unpaired) electrons. The molecule has 0 aliphatic heterocycles. The molecule has 0 amide bonds. The highest BCUT2D eigenvalue weighted by molar-refractivity contribution is 5.18. The van der Waals surface area contributed by atoms with Gasteiger partial charge in [-0.1, -0.05) is 23.8 Å². The van der Waals surface area contributed by atoms with Gasteiger partial charge in [0, 0.05) is 0 Å². The molecule has 1 heteroatoms. The third kappa shape index (κ3) is 1.93. The fourth-order valence-electron chi connectivity index (χ4n) is 2.68. The lowest BCUT2D eigenvalue weighted by Crippen LogP contribution is -2.11. The molecule has 2 rings (SSSR count). The largest absolute Gasteiger partial charge is 0.393 e. The predicted molar refractivity (Wildman–Crippen MR) is 58.9 cm³/mol. The summed E-state index contributed by atoms with van der Waals surface area (Å²) in [5, 5.41) is 9.94. The van der Waals surface area contributed by atoms with E-state index in [-0.39, 0.29) is 6.10 Å². The summed E-state index contributed by atoms with van der Waals surface area (Å²) < 4.78 is 0. The van der Waals surface area contributed by atoms with Gasteiger partial charge in [-0.3, -0.25) is 0 Å². The average molecular weight is 192 g/mol. The lowest BCUT2D eigenvalue weighted by molar-refractivity contribution is 0.133. The Labute approximate surface area is 86.5 Å². The Morgan fingerprint density at radius 1 is 1.57 bits per heavy atom. The molecule has 78 valence electrons. The smallest absolute Gasteiger partial charge is 0.0580 e. The summed E-state index contributed by atoms with van der Waals surface area (Å²) in [6, 6.07) is 0. The van der Waals surface area contributed by atoms with Gasteiger partial charge in [-0.2, -0.15) is 0 Å². The molecule has 2 aliphatic carbocycles. The minimum Gasteiger partial charge on any atom is -0.393 e. The van der Waals surface area contributed by atoms with Gasteiger partial charge in [-0.25, -0.2) is 0 Å². The first-order valence-corrected chi connectivity index (χ1v) is 5.68. The van der Waals surface area contributed by atoms with Crippen molar-refractivity contribution in [2.75, 3.05) is 0 Å². The molecule has 0 heterocycles. The zero-order valence-electron chi connectivity index (χ0n) is 9.11. The van der Waals surface area contributed by atoms with Gasteiger partial charge in [0.15, 0.2) is 0 Å². The first-order valence-electron chi connectivity index (χ1n) is 5.68. The van der Waals surface area contributed by atoms with E-state index in [4.69, 9.17) is 0 Å². The maximum absolute atomic E-state index is 9.94. The highest BCUT2D eigenvalue weighted by Crippen LogP contribution is 2.56. The molecule has 14 heavy (non-hydrogen) atoms. The molecule has 1 saturated carbocycles. The number of allylic oxidation sites excluding steroid dienone is 4. The molecular formula is C13H20O. The van der Waals surface area contributed by atoms with Gasteiger partial charge in [-0.05, 0) is 50.9 Å². The third-order valence-corrected chi connectivity index (χ3v) is 3.52. The predicted octanol–water partition coefficient (Wildman–Crippen LogP) is 2.92. The van der Waals surface area contributed by atoms with Crippen LogP contribution in [0.1, 0.15) is 33.1 Å². The van der Waals surface area contributed by atoms with E-state index in [1.807, 2.05) is 0 Å². The average Bonchev–Trinajstić information content (AvgIpc) is 2.60. The molecule has 2 aliphatic rings. The van der Waals surface area contributed by atoms with E-state index in [2.05, 4.69) is 32.1 Å². The molecule has 0 aromatic heterocycles. The van der Waals surface area contributed by atoms with Crippen molar-refractivity contribution in [2.24, 2.45) is 17.8 Å². The SMILES string of the molecule is CC(C)=CCCC(O)[C@H]1[C@H]2C=CC[C@H]21. The Morgan fingerprint density at radius 2 is 2.36 bits per heavy atom. The van der Waals surface area contributed by atoms with Gasteiger partial charge in [-0.15, -0.1) is 0 Å². The fraction of sp³-hybridized carbons (Fsp3) is 0.692. The number of fused-ring (bicyclic) bond motifs is 1. The number of rotatable bonds is 4. The third-order valence-electron chi connectivity index (χ3n) is 3.52. The Bertz CT molecular complexity index is 260. The first-order chi connectivity index (χ1) is 6.70. The summed E-state index contributed by atoms with van der Waals surface area (Å²) in [5.74, 6) is 2.10. The molecule has 0 aromatic carbocycles. The van der Waals surface area contributed by atoms with Crippen LogP contribution < -0.4 is 0 Å². The summed E-state index contributed by atoms with van der Waals surface area (Å²) >= 11 is 0. The van der Waals surface area contributed by atoms with Crippen molar-refractivity contribution in [1.29, 1.82) is 0 Å². The maximum atomic E-state index is 9.94. The van der Waals surface area contributed by atoms with E-state index in [0.29, 0.717) is 5.92 Å². The Morgan fingerprint density at radius 3 is 2.93 bits per heavy atom. The highest BCUT2D eigenvalue weighted by Gasteiger charge is 2.53. The quantitative estimate of drug-likeness (QED) is 0.679. The first kappa shape index (κ1) is 9.97. The molecule has 0 aromatic rings. The number of hydrogen-bond donors (Lipinski definition) is 1. The second kappa shape index (κ2) is 3.90. The molecule has 1 N–H and O–H groups in total. The lowest BCUT2D eigenvalue weighted by Gasteiger charge is -2.09. The van der Waals surface area contributed by atoms with Gasteiger partial charge in [0.1, 0.15) is 0 Å². The van der Waals surface area contributed by atoms with Crippen molar-refractivity contribution in [3.05, 3.63) is 23.8 Å². The molecule has 1 fully saturated rings. The zero-order chi connectivity index (χ0) is 10.1. The van der Waals surface area contributed by atoms with Crippen LogP contribution in [0.25, 0.3) is 0 Å². The summed E-state index contributed by atoms with van der Waals surface area (Å²) in [6.45, 7) is 4.22. The summed E-state index contributed by atoms with van der Waals surface area (Å²) in [6.07, 6.45) is 9.88. The zero-order valence-corrected chi connectivity index (χ0v) is 9.11. The van der Waals surface area contributed by atoms with Gasteiger partial charge >= 0.3 is 0 Å². The fourth-order valence-corrected chi connectivity index (χ4v) is 2.68. The Balaban J connectivity index is 1.72. The van der Waals surface area contributed by atoms with Crippen LogP contribution in [-0.2, 0) is 0 Å². The van der Waals surface area contributed by atoms with Gasteiger partial charge in [0.05, 0.1) is 6.10 Å². The van der Waals surface area contributed by atoms with E-state index < -0.39 is 0 Å². The van der Waals surface area contributed by atoms with E-state index in [1.165, 1.54) is 12.0 Å². The minimum absolute atomic E-state index is 0.0643. The van der Waals surface area contributed by atoms with Crippen molar-refractivity contribution in [3.8, 4) is 0 Å². The number of aliphatic hydroxyl groups is 1. The van der Waals surface area contributed by atoms with Crippen molar-refractivity contribution >= 4 is 0 Å². The van der Waals surface area contributed by atoms with Crippen LogP contribution in [0.5, 0.6) is 0 Å². The van der Waals surface area contributed by atoms with Crippen LogP contribution >= 0.6 is 0 Å². The Kier molecular flexibility index (Phi) is 2.78. The topological polar surface area (TPSA) is 20.2 Å². The van der Waals surface area contributed by atoms with Gasteiger partial charge in [0.25, 0.3) is 0 Å². The number of aliphatic hydroxyl groups excluding tert-OH is 1. The molecule has 0 spiro atoms. The van der Waals surface area contributed by atoms with E-state index >= 15 is 0 Å². The lowest BCUT2D eigenvalue weighted by atomic mass is 10.0. The molecule has 0 saturated heterocycles. The monoisotopic (exact) mass is 192 g/mol. The van der Waals surface area contributed by atoms with E-state index in [1.54, 1.807) is 0 Å². The van der Waals surface area contributed by atoms with Crippen molar-refractivity contribution in [3.63, 3.8) is 0 Å². The molecule has 4 atom stereocenters. The van der Waals surface area contributed by atoms with Crippen LogP contribution in [0.2, 0.25) is 0 Å². The normalized spacial score (nSPS) is 35.2. The second-order valence-electron chi connectivity index (χ2n) is 4.91. The van der Waals surface area contributed by atoms with E-state index in [9.17, 15) is 5.11 Å². The van der Waals surface area contributed by atoms with Gasteiger partial charge in [0.2, 0.25) is 0 Å². The van der Waals surface area contributed by atoms with Crippen LogP contribution in [0.3, 0.4) is 0 Å².